The predicted molar refractivity (Wildman–Crippen MR) is 83.6 cm³/mol. The molecule has 1 heterocycles. The summed E-state index contributed by atoms with van der Waals surface area (Å²) in [6.45, 7) is 3.56. The van der Waals surface area contributed by atoms with Gasteiger partial charge in [-0.3, -0.25) is 0 Å². The first-order valence-corrected chi connectivity index (χ1v) is 8.88. The van der Waals surface area contributed by atoms with E-state index in [-0.39, 0.29) is 5.92 Å². The molecule has 0 bridgehead atoms. The third kappa shape index (κ3) is 4.43. The van der Waals surface area contributed by atoms with Crippen molar-refractivity contribution >= 4 is 10.2 Å². The van der Waals surface area contributed by atoms with E-state index < -0.39 is 10.2 Å². The first-order valence-electron chi connectivity index (χ1n) is 7.44. The number of nitrogens with zero attached hydrogens (tertiary/aromatic N) is 1. The summed E-state index contributed by atoms with van der Waals surface area (Å²) in [5.74, 6) is 1.09. The Kier molecular flexibility index (Phi) is 5.61. The van der Waals surface area contributed by atoms with Crippen LogP contribution in [0.3, 0.4) is 0 Å². The number of hydrogen-bond donors (Lipinski definition) is 1. The fraction of sp³-hybridized carbons (Fsp3) is 0.600. The maximum absolute atomic E-state index is 12.1. The molecule has 118 valence electrons. The van der Waals surface area contributed by atoms with Crippen LogP contribution in [0.1, 0.15) is 25.3 Å². The molecular weight excluding hydrogens is 288 g/mol. The van der Waals surface area contributed by atoms with Crippen molar-refractivity contribution in [1.82, 2.24) is 9.03 Å². The number of nitrogens with one attached hydrogen (secondary N) is 1. The summed E-state index contributed by atoms with van der Waals surface area (Å²) in [5.41, 5.74) is 1.15. The maximum Gasteiger partial charge on any atom is 0.279 e. The number of rotatable bonds is 7. The molecule has 1 N–H and O–H groups in total. The molecule has 0 aromatic heterocycles. The Morgan fingerprint density at radius 3 is 2.90 bits per heavy atom. The smallest absolute Gasteiger partial charge is 0.279 e. The van der Waals surface area contributed by atoms with E-state index in [0.29, 0.717) is 19.7 Å². The van der Waals surface area contributed by atoms with Gasteiger partial charge < -0.3 is 4.74 Å². The van der Waals surface area contributed by atoms with Gasteiger partial charge in [-0.25, -0.2) is 4.72 Å². The third-order valence-corrected chi connectivity index (χ3v) is 5.28. The molecule has 0 amide bonds. The Hall–Kier alpha value is -1.11. The molecule has 0 fully saturated rings. The Morgan fingerprint density at radius 2 is 2.14 bits per heavy atom. The second kappa shape index (κ2) is 7.24. The minimum atomic E-state index is -3.38. The van der Waals surface area contributed by atoms with Crippen LogP contribution in [0.2, 0.25) is 0 Å². The van der Waals surface area contributed by atoms with Gasteiger partial charge in [-0.05, 0) is 24.5 Å². The number of fused-ring (bicyclic) bond motifs is 1. The second-order valence-electron chi connectivity index (χ2n) is 5.52. The molecule has 1 aliphatic rings. The van der Waals surface area contributed by atoms with Crippen molar-refractivity contribution in [3.63, 3.8) is 0 Å². The van der Waals surface area contributed by atoms with E-state index in [1.807, 2.05) is 31.2 Å². The zero-order valence-corrected chi connectivity index (χ0v) is 13.5. The zero-order chi connectivity index (χ0) is 15.3. The summed E-state index contributed by atoms with van der Waals surface area (Å²) in [7, 11) is -1.77. The lowest BCUT2D eigenvalue weighted by molar-refractivity contribution is 0.223. The lowest BCUT2D eigenvalue weighted by Crippen LogP contribution is -2.42. The van der Waals surface area contributed by atoms with Crippen LogP contribution in [-0.2, 0) is 16.6 Å². The largest absolute Gasteiger partial charge is 0.493 e. The van der Waals surface area contributed by atoms with Gasteiger partial charge >= 0.3 is 0 Å². The van der Waals surface area contributed by atoms with E-state index in [1.54, 1.807) is 7.05 Å². The minimum absolute atomic E-state index is 0.175. The van der Waals surface area contributed by atoms with Crippen LogP contribution in [0.25, 0.3) is 0 Å². The highest BCUT2D eigenvalue weighted by atomic mass is 32.2. The van der Waals surface area contributed by atoms with Gasteiger partial charge in [-0.1, -0.05) is 31.5 Å². The molecule has 21 heavy (non-hydrogen) atoms. The van der Waals surface area contributed by atoms with E-state index in [9.17, 15) is 8.42 Å². The summed E-state index contributed by atoms with van der Waals surface area (Å²) < 4.78 is 33.9. The molecule has 6 heteroatoms. The number of unbranched alkanes of at least 4 members (excludes halogenated alkanes) is 1. The molecule has 0 aliphatic carbocycles. The molecular formula is C15H24N2O3S. The summed E-state index contributed by atoms with van der Waals surface area (Å²) >= 11 is 0. The Morgan fingerprint density at radius 1 is 1.38 bits per heavy atom. The summed E-state index contributed by atoms with van der Waals surface area (Å²) in [5, 5.41) is 0. The van der Waals surface area contributed by atoms with Crippen LogP contribution in [0, 0.1) is 5.92 Å². The van der Waals surface area contributed by atoms with Gasteiger partial charge in [0.1, 0.15) is 5.75 Å². The standard InChI is InChI=1S/C15H24N2O3S/c1-3-4-9-17(2)21(18,19)16-11-13-10-14-7-5-6-8-15(14)20-12-13/h5-8,13,16H,3-4,9-12H2,1-2H3. The number of ether oxygens (including phenoxy) is 1. The zero-order valence-electron chi connectivity index (χ0n) is 12.7. The van der Waals surface area contributed by atoms with Crippen molar-refractivity contribution in [3.05, 3.63) is 29.8 Å². The summed E-state index contributed by atoms with van der Waals surface area (Å²) in [6.07, 6.45) is 2.70. The molecule has 2 rings (SSSR count). The highest BCUT2D eigenvalue weighted by Gasteiger charge is 2.23. The van der Waals surface area contributed by atoms with Gasteiger partial charge in [0.15, 0.2) is 0 Å². The van der Waals surface area contributed by atoms with Crippen molar-refractivity contribution in [3.8, 4) is 5.75 Å². The molecule has 0 saturated carbocycles. The topological polar surface area (TPSA) is 58.6 Å². The Balaban J connectivity index is 1.86. The fourth-order valence-corrected chi connectivity index (χ4v) is 3.39. The van der Waals surface area contributed by atoms with Gasteiger partial charge in [0.2, 0.25) is 0 Å². The normalized spacial score (nSPS) is 18.3. The van der Waals surface area contributed by atoms with Gasteiger partial charge in [-0.15, -0.1) is 0 Å². The van der Waals surface area contributed by atoms with Crippen molar-refractivity contribution in [2.24, 2.45) is 5.92 Å². The quantitative estimate of drug-likeness (QED) is 0.835. The molecule has 5 nitrogen and oxygen atoms in total. The van der Waals surface area contributed by atoms with Crippen LogP contribution in [-0.4, -0.2) is 39.5 Å². The van der Waals surface area contributed by atoms with Crippen LogP contribution in [0.5, 0.6) is 5.75 Å². The maximum atomic E-state index is 12.1. The molecule has 1 aromatic carbocycles. The monoisotopic (exact) mass is 312 g/mol. The number of para-hydroxylation sites is 1. The molecule has 0 saturated heterocycles. The van der Waals surface area contributed by atoms with Crippen molar-refractivity contribution in [2.45, 2.75) is 26.2 Å². The van der Waals surface area contributed by atoms with Crippen LogP contribution in [0.4, 0.5) is 0 Å². The lowest BCUT2D eigenvalue weighted by Gasteiger charge is -2.26. The average Bonchev–Trinajstić information content (AvgIpc) is 2.50. The second-order valence-corrected chi connectivity index (χ2v) is 7.38. The van der Waals surface area contributed by atoms with Crippen molar-refractivity contribution in [2.75, 3.05) is 26.7 Å². The van der Waals surface area contributed by atoms with E-state index in [2.05, 4.69) is 4.72 Å². The molecule has 0 spiro atoms. The average molecular weight is 312 g/mol. The van der Waals surface area contributed by atoms with Gasteiger partial charge in [0.25, 0.3) is 10.2 Å². The first-order chi connectivity index (χ1) is 10.0. The SMILES string of the molecule is CCCCN(C)S(=O)(=O)NCC1COc2ccccc2C1. The van der Waals surface area contributed by atoms with Crippen LogP contribution in [0.15, 0.2) is 24.3 Å². The first kappa shape index (κ1) is 16.3. The minimum Gasteiger partial charge on any atom is -0.493 e. The van der Waals surface area contributed by atoms with Crippen LogP contribution >= 0.6 is 0 Å². The van der Waals surface area contributed by atoms with E-state index in [4.69, 9.17) is 4.74 Å². The van der Waals surface area contributed by atoms with Crippen LogP contribution < -0.4 is 9.46 Å². The van der Waals surface area contributed by atoms with Gasteiger partial charge in [-0.2, -0.15) is 12.7 Å². The molecule has 1 aliphatic heterocycles. The highest BCUT2D eigenvalue weighted by molar-refractivity contribution is 7.87. The highest BCUT2D eigenvalue weighted by Crippen LogP contribution is 2.26. The van der Waals surface area contributed by atoms with Crippen molar-refractivity contribution in [1.29, 1.82) is 0 Å². The third-order valence-electron chi connectivity index (χ3n) is 3.75. The fourth-order valence-electron chi connectivity index (χ4n) is 2.36. The summed E-state index contributed by atoms with van der Waals surface area (Å²) in [6, 6.07) is 7.91. The number of hydrogen-bond acceptors (Lipinski definition) is 3. The Labute approximate surface area is 127 Å². The van der Waals surface area contributed by atoms with E-state index in [1.165, 1.54) is 4.31 Å². The van der Waals surface area contributed by atoms with Gasteiger partial charge in [0.05, 0.1) is 6.61 Å². The predicted octanol–water partition coefficient (Wildman–Crippen LogP) is 1.80. The molecule has 0 radical (unpaired) electrons. The lowest BCUT2D eigenvalue weighted by atomic mass is 9.97. The Bertz CT molecular complexity index is 560. The van der Waals surface area contributed by atoms with Crippen molar-refractivity contribution < 1.29 is 13.2 Å². The van der Waals surface area contributed by atoms with E-state index >= 15 is 0 Å². The molecule has 1 unspecified atom stereocenters. The summed E-state index contributed by atoms with van der Waals surface area (Å²) in [4.78, 5) is 0. The number of benzene rings is 1. The molecule has 1 aromatic rings. The van der Waals surface area contributed by atoms with Gasteiger partial charge in [0, 0.05) is 26.1 Å². The van der Waals surface area contributed by atoms with E-state index in [0.717, 1.165) is 30.6 Å². The molecule has 1 atom stereocenters.